The minimum Gasteiger partial charge on any atom is -0.396 e. The highest BCUT2D eigenvalue weighted by molar-refractivity contribution is 5.33. The van der Waals surface area contributed by atoms with Crippen molar-refractivity contribution in [2.24, 2.45) is 0 Å². The van der Waals surface area contributed by atoms with Crippen molar-refractivity contribution in [2.75, 3.05) is 13.2 Å². The summed E-state index contributed by atoms with van der Waals surface area (Å²) in [5, 5.41) is 11.9. The van der Waals surface area contributed by atoms with Gasteiger partial charge in [0.15, 0.2) is 0 Å². The predicted molar refractivity (Wildman–Crippen MR) is 62.5 cm³/mol. The summed E-state index contributed by atoms with van der Waals surface area (Å²) in [4.78, 5) is 0. The molecule has 0 amide bonds. The van der Waals surface area contributed by atoms with Crippen LogP contribution in [0.4, 0.5) is 0 Å². The van der Waals surface area contributed by atoms with E-state index < -0.39 is 0 Å². The third-order valence-electron chi connectivity index (χ3n) is 2.11. The number of hydrogen-bond acceptors (Lipinski definition) is 2. The van der Waals surface area contributed by atoms with Gasteiger partial charge in [0.1, 0.15) is 0 Å². The van der Waals surface area contributed by atoms with Crippen LogP contribution in [0.5, 0.6) is 0 Å². The number of aliphatic hydroxyl groups excluding tert-OH is 1. The summed E-state index contributed by atoms with van der Waals surface area (Å²) in [6, 6.07) is 10.2. The summed E-state index contributed by atoms with van der Waals surface area (Å²) in [7, 11) is 0. The second-order valence-corrected chi connectivity index (χ2v) is 3.46. The molecule has 1 unspecified atom stereocenters. The maximum Gasteiger partial charge on any atom is 0.0582 e. The molecular formula is C13H17NO. The van der Waals surface area contributed by atoms with E-state index in [0.29, 0.717) is 12.6 Å². The number of hydrogen-bond donors (Lipinski definition) is 2. The third-order valence-corrected chi connectivity index (χ3v) is 2.11. The van der Waals surface area contributed by atoms with Crippen LogP contribution in [0.3, 0.4) is 0 Å². The molecule has 15 heavy (non-hydrogen) atoms. The van der Waals surface area contributed by atoms with Gasteiger partial charge in [-0.25, -0.2) is 0 Å². The minimum atomic E-state index is 0.223. The van der Waals surface area contributed by atoms with E-state index in [9.17, 15) is 0 Å². The molecule has 80 valence electrons. The predicted octanol–water partition coefficient (Wildman–Crippen LogP) is 1.40. The van der Waals surface area contributed by atoms with Gasteiger partial charge in [-0.3, -0.25) is 0 Å². The lowest BCUT2D eigenvalue weighted by Crippen LogP contribution is -2.27. The van der Waals surface area contributed by atoms with E-state index in [4.69, 9.17) is 5.11 Å². The second-order valence-electron chi connectivity index (χ2n) is 3.46. The first-order valence-electron chi connectivity index (χ1n) is 5.21. The summed E-state index contributed by atoms with van der Waals surface area (Å²) >= 11 is 0. The fourth-order valence-corrected chi connectivity index (χ4v) is 1.19. The van der Waals surface area contributed by atoms with Crippen molar-refractivity contribution >= 4 is 0 Å². The van der Waals surface area contributed by atoms with Crippen LogP contribution < -0.4 is 5.32 Å². The van der Waals surface area contributed by atoms with E-state index in [-0.39, 0.29) is 6.61 Å². The SMILES string of the molecule is CC(CCO)NCC#Cc1ccccc1. The van der Waals surface area contributed by atoms with Crippen molar-refractivity contribution in [2.45, 2.75) is 19.4 Å². The van der Waals surface area contributed by atoms with Crippen LogP contribution in [0.15, 0.2) is 30.3 Å². The number of rotatable bonds is 4. The zero-order chi connectivity index (χ0) is 10.9. The molecule has 2 heteroatoms. The largest absolute Gasteiger partial charge is 0.396 e. The van der Waals surface area contributed by atoms with Gasteiger partial charge in [0, 0.05) is 18.2 Å². The van der Waals surface area contributed by atoms with E-state index in [0.717, 1.165) is 12.0 Å². The van der Waals surface area contributed by atoms with E-state index in [1.54, 1.807) is 0 Å². The molecule has 1 aromatic rings. The number of nitrogens with one attached hydrogen (secondary N) is 1. The summed E-state index contributed by atoms with van der Waals surface area (Å²) in [5.41, 5.74) is 1.04. The molecule has 0 aliphatic carbocycles. The quantitative estimate of drug-likeness (QED) is 0.725. The van der Waals surface area contributed by atoms with Crippen LogP contribution in [0.1, 0.15) is 18.9 Å². The molecule has 0 fully saturated rings. The second kappa shape index (κ2) is 7.05. The van der Waals surface area contributed by atoms with Crippen LogP contribution >= 0.6 is 0 Å². The molecule has 0 saturated heterocycles. The number of aliphatic hydroxyl groups is 1. The smallest absolute Gasteiger partial charge is 0.0582 e. The molecule has 0 saturated carbocycles. The van der Waals surface area contributed by atoms with Gasteiger partial charge >= 0.3 is 0 Å². The van der Waals surface area contributed by atoms with E-state index in [1.165, 1.54) is 0 Å². The Kier molecular flexibility index (Phi) is 5.54. The van der Waals surface area contributed by atoms with Gasteiger partial charge < -0.3 is 10.4 Å². The topological polar surface area (TPSA) is 32.3 Å². The fraction of sp³-hybridized carbons (Fsp3) is 0.385. The lowest BCUT2D eigenvalue weighted by Gasteiger charge is -2.08. The summed E-state index contributed by atoms with van der Waals surface area (Å²) in [6.07, 6.45) is 0.771. The molecule has 1 rings (SSSR count). The molecular weight excluding hydrogens is 186 g/mol. The summed E-state index contributed by atoms with van der Waals surface area (Å²) in [5.74, 6) is 6.12. The lowest BCUT2D eigenvalue weighted by atomic mass is 10.2. The molecule has 0 aliphatic heterocycles. The van der Waals surface area contributed by atoms with Gasteiger partial charge in [0.2, 0.25) is 0 Å². The zero-order valence-corrected chi connectivity index (χ0v) is 9.03. The van der Waals surface area contributed by atoms with E-state index in [2.05, 4.69) is 17.2 Å². The van der Waals surface area contributed by atoms with Crippen LogP contribution in [0, 0.1) is 11.8 Å². The van der Waals surface area contributed by atoms with Crippen LogP contribution in [-0.2, 0) is 0 Å². The van der Waals surface area contributed by atoms with Gasteiger partial charge in [-0.05, 0) is 25.5 Å². The monoisotopic (exact) mass is 203 g/mol. The fourth-order valence-electron chi connectivity index (χ4n) is 1.19. The van der Waals surface area contributed by atoms with Gasteiger partial charge in [-0.2, -0.15) is 0 Å². The lowest BCUT2D eigenvalue weighted by molar-refractivity contribution is 0.271. The average Bonchev–Trinajstić information content (AvgIpc) is 2.26. The summed E-state index contributed by atoms with van der Waals surface area (Å²) < 4.78 is 0. The van der Waals surface area contributed by atoms with E-state index >= 15 is 0 Å². The highest BCUT2D eigenvalue weighted by Gasteiger charge is 1.96. The van der Waals surface area contributed by atoms with Gasteiger partial charge in [0.05, 0.1) is 6.54 Å². The van der Waals surface area contributed by atoms with Crippen molar-refractivity contribution in [3.8, 4) is 11.8 Å². The van der Waals surface area contributed by atoms with Crippen molar-refractivity contribution in [3.05, 3.63) is 35.9 Å². The zero-order valence-electron chi connectivity index (χ0n) is 9.03. The minimum absolute atomic E-state index is 0.223. The molecule has 0 aromatic heterocycles. The number of benzene rings is 1. The standard InChI is InChI=1S/C13H17NO/c1-12(9-11-15)14-10-5-8-13-6-3-2-4-7-13/h2-4,6-7,12,14-15H,9-11H2,1H3. The molecule has 0 radical (unpaired) electrons. The highest BCUT2D eigenvalue weighted by atomic mass is 16.3. The Hall–Kier alpha value is -1.30. The highest BCUT2D eigenvalue weighted by Crippen LogP contribution is 1.94. The van der Waals surface area contributed by atoms with Crippen LogP contribution in [0.25, 0.3) is 0 Å². The normalized spacial score (nSPS) is 11.6. The first-order valence-corrected chi connectivity index (χ1v) is 5.21. The van der Waals surface area contributed by atoms with Gasteiger partial charge in [0.25, 0.3) is 0 Å². The average molecular weight is 203 g/mol. The molecule has 1 aromatic carbocycles. The van der Waals surface area contributed by atoms with Crippen molar-refractivity contribution in [3.63, 3.8) is 0 Å². The molecule has 2 N–H and O–H groups in total. The molecule has 2 nitrogen and oxygen atoms in total. The van der Waals surface area contributed by atoms with Crippen molar-refractivity contribution < 1.29 is 5.11 Å². The molecule has 0 aliphatic rings. The van der Waals surface area contributed by atoms with Crippen LogP contribution in [-0.4, -0.2) is 24.3 Å². The Morgan fingerprint density at radius 1 is 1.33 bits per heavy atom. The molecule has 1 atom stereocenters. The van der Waals surface area contributed by atoms with E-state index in [1.807, 2.05) is 37.3 Å². The van der Waals surface area contributed by atoms with Gasteiger partial charge in [-0.15, -0.1) is 0 Å². The first-order chi connectivity index (χ1) is 7.33. The Labute approximate surface area is 91.3 Å². The maximum absolute atomic E-state index is 8.70. The Balaban J connectivity index is 2.28. The molecule has 0 bridgehead atoms. The Bertz CT molecular complexity index is 323. The first kappa shape index (κ1) is 11.8. The molecule has 0 heterocycles. The van der Waals surface area contributed by atoms with Crippen molar-refractivity contribution in [1.82, 2.24) is 5.32 Å². The maximum atomic E-state index is 8.70. The third kappa shape index (κ3) is 5.21. The van der Waals surface area contributed by atoms with Crippen molar-refractivity contribution in [1.29, 1.82) is 0 Å². The summed E-state index contributed by atoms with van der Waals surface area (Å²) in [6.45, 7) is 2.93. The van der Waals surface area contributed by atoms with Crippen LogP contribution in [0.2, 0.25) is 0 Å². The Morgan fingerprint density at radius 2 is 2.07 bits per heavy atom. The molecule has 0 spiro atoms. The Morgan fingerprint density at radius 3 is 2.73 bits per heavy atom. The van der Waals surface area contributed by atoms with Gasteiger partial charge in [-0.1, -0.05) is 30.0 Å².